The maximum atomic E-state index is 13.6. The van der Waals surface area contributed by atoms with Gasteiger partial charge in [-0.15, -0.1) is 0 Å². The molecule has 0 aliphatic carbocycles. The van der Waals surface area contributed by atoms with Crippen LogP contribution >= 0.6 is 15.9 Å². The lowest BCUT2D eigenvalue weighted by molar-refractivity contribution is -0.113. The molecule has 4 nitrogen and oxygen atoms in total. The van der Waals surface area contributed by atoms with Crippen LogP contribution in [0.15, 0.2) is 57.5 Å². The molecule has 0 aromatic heterocycles. The van der Waals surface area contributed by atoms with Crippen molar-refractivity contribution in [1.29, 1.82) is 0 Å². The highest BCUT2D eigenvalue weighted by Gasteiger charge is 2.46. The van der Waals surface area contributed by atoms with E-state index in [9.17, 15) is 13.2 Å². The summed E-state index contributed by atoms with van der Waals surface area (Å²) in [6.45, 7) is 5.64. The van der Waals surface area contributed by atoms with Crippen LogP contribution in [0.25, 0.3) is 6.08 Å². The predicted molar refractivity (Wildman–Crippen MR) is 111 cm³/mol. The van der Waals surface area contributed by atoms with Gasteiger partial charge >= 0.3 is 0 Å². The van der Waals surface area contributed by atoms with Gasteiger partial charge in [0.2, 0.25) is 15.2 Å². The molecule has 2 aliphatic heterocycles. The standard InChI is InChI=1S/C21H18BrNO3S/c1-12-8-9-20(14(3)13(12)2)27(25,26)21-19(24)11-18-16(22)10-15-6-4-5-7-17(15)23(18)21/h4-11,21H,1-3H3. The number of rotatable bonds is 2. The maximum Gasteiger partial charge on any atom is 0.207 e. The number of ketones is 1. The zero-order valence-electron chi connectivity index (χ0n) is 15.2. The molecule has 0 bridgehead atoms. The molecule has 0 amide bonds. The number of aryl methyl sites for hydroxylation is 1. The monoisotopic (exact) mass is 443 g/mol. The first-order chi connectivity index (χ1) is 12.7. The average Bonchev–Trinajstić information content (AvgIpc) is 2.98. The number of sulfone groups is 1. The second kappa shape index (κ2) is 6.17. The summed E-state index contributed by atoms with van der Waals surface area (Å²) < 4.78 is 27.8. The minimum Gasteiger partial charge on any atom is -0.315 e. The van der Waals surface area contributed by atoms with E-state index >= 15 is 0 Å². The summed E-state index contributed by atoms with van der Waals surface area (Å²) in [4.78, 5) is 14.7. The summed E-state index contributed by atoms with van der Waals surface area (Å²) in [5, 5.41) is -1.30. The van der Waals surface area contributed by atoms with Gasteiger partial charge in [-0.25, -0.2) is 8.42 Å². The van der Waals surface area contributed by atoms with Crippen LogP contribution in [-0.2, 0) is 14.6 Å². The second-order valence-electron chi connectivity index (χ2n) is 6.88. The Hall–Kier alpha value is -2.18. The summed E-state index contributed by atoms with van der Waals surface area (Å²) in [5.41, 5.74) is 4.80. The fraction of sp³-hybridized carbons (Fsp3) is 0.190. The topological polar surface area (TPSA) is 54.5 Å². The highest BCUT2D eigenvalue weighted by atomic mass is 79.9. The van der Waals surface area contributed by atoms with Crippen LogP contribution in [0.3, 0.4) is 0 Å². The van der Waals surface area contributed by atoms with Crippen LogP contribution in [0.5, 0.6) is 0 Å². The van der Waals surface area contributed by atoms with Gasteiger partial charge in [-0.05, 0) is 77.2 Å². The van der Waals surface area contributed by atoms with E-state index in [1.165, 1.54) is 6.08 Å². The van der Waals surface area contributed by atoms with Crippen LogP contribution in [0.1, 0.15) is 22.3 Å². The quantitative estimate of drug-likeness (QED) is 0.688. The third-order valence-corrected chi connectivity index (χ3v) is 8.07. The molecule has 2 aliphatic rings. The van der Waals surface area contributed by atoms with E-state index in [1.807, 2.05) is 44.2 Å². The molecule has 0 N–H and O–H groups in total. The fourth-order valence-corrected chi connectivity index (χ4v) is 6.17. The van der Waals surface area contributed by atoms with Gasteiger partial charge in [0.1, 0.15) is 0 Å². The molecule has 0 radical (unpaired) electrons. The lowest BCUT2D eigenvalue weighted by atomic mass is 10.1. The van der Waals surface area contributed by atoms with Crippen molar-refractivity contribution in [3.8, 4) is 0 Å². The van der Waals surface area contributed by atoms with Crippen LogP contribution < -0.4 is 4.90 Å². The first-order valence-corrected chi connectivity index (χ1v) is 10.9. The zero-order valence-corrected chi connectivity index (χ0v) is 17.6. The molecule has 138 valence electrons. The summed E-state index contributed by atoms with van der Waals surface area (Å²) in [6.07, 6.45) is 3.32. The largest absolute Gasteiger partial charge is 0.315 e. The number of carbonyl (C=O) groups is 1. The minimum absolute atomic E-state index is 0.210. The number of nitrogens with zero attached hydrogens (tertiary/aromatic N) is 1. The van der Waals surface area contributed by atoms with Crippen LogP contribution in [0, 0.1) is 20.8 Å². The van der Waals surface area contributed by atoms with E-state index in [1.54, 1.807) is 24.0 Å². The molecule has 0 saturated heterocycles. The van der Waals surface area contributed by atoms with Crippen molar-refractivity contribution in [2.45, 2.75) is 31.0 Å². The lowest BCUT2D eigenvalue weighted by Gasteiger charge is -2.33. The van der Waals surface area contributed by atoms with Crippen molar-refractivity contribution in [3.05, 3.63) is 74.9 Å². The first kappa shape index (κ1) is 18.2. The van der Waals surface area contributed by atoms with Gasteiger partial charge in [0.25, 0.3) is 0 Å². The highest BCUT2D eigenvalue weighted by Crippen LogP contribution is 2.44. The summed E-state index contributed by atoms with van der Waals surface area (Å²) in [5.74, 6) is -0.426. The van der Waals surface area contributed by atoms with Gasteiger partial charge in [-0.1, -0.05) is 24.3 Å². The third kappa shape index (κ3) is 2.62. The Labute approximate surface area is 167 Å². The molecule has 2 aromatic rings. The summed E-state index contributed by atoms with van der Waals surface area (Å²) in [6, 6.07) is 10.9. The number of carbonyl (C=O) groups excluding carboxylic acids is 1. The number of hydrogen-bond donors (Lipinski definition) is 0. The van der Waals surface area contributed by atoms with Gasteiger partial charge in [0.15, 0.2) is 5.78 Å². The van der Waals surface area contributed by atoms with Gasteiger partial charge in [-0.2, -0.15) is 0 Å². The minimum atomic E-state index is -3.92. The summed E-state index contributed by atoms with van der Waals surface area (Å²) >= 11 is 3.48. The SMILES string of the molecule is Cc1ccc(S(=O)(=O)C2C(=O)C=C3C(Br)=Cc4ccccc4N32)c(C)c1C. The first-order valence-electron chi connectivity index (χ1n) is 8.55. The Morgan fingerprint density at radius 3 is 2.41 bits per heavy atom. The maximum absolute atomic E-state index is 13.6. The number of halogens is 1. The number of para-hydroxylation sites is 1. The van der Waals surface area contributed by atoms with E-state index in [0.717, 1.165) is 16.7 Å². The summed E-state index contributed by atoms with van der Waals surface area (Å²) in [7, 11) is -3.92. The molecule has 0 fully saturated rings. The molecule has 4 rings (SSSR count). The molecule has 2 heterocycles. The molecule has 1 unspecified atom stereocenters. The van der Waals surface area contributed by atoms with Crippen LogP contribution in [-0.4, -0.2) is 19.6 Å². The van der Waals surface area contributed by atoms with E-state index in [4.69, 9.17) is 0 Å². The number of anilines is 1. The van der Waals surface area contributed by atoms with E-state index in [0.29, 0.717) is 21.4 Å². The molecule has 27 heavy (non-hydrogen) atoms. The number of hydrogen-bond acceptors (Lipinski definition) is 4. The van der Waals surface area contributed by atoms with Crippen LogP contribution in [0.2, 0.25) is 0 Å². The predicted octanol–water partition coefficient (Wildman–Crippen LogP) is 4.43. The van der Waals surface area contributed by atoms with Crippen molar-refractivity contribution in [2.75, 3.05) is 4.90 Å². The van der Waals surface area contributed by atoms with Crippen molar-refractivity contribution in [3.63, 3.8) is 0 Å². The van der Waals surface area contributed by atoms with E-state index in [-0.39, 0.29) is 4.90 Å². The van der Waals surface area contributed by atoms with Crippen molar-refractivity contribution >= 4 is 43.3 Å². The van der Waals surface area contributed by atoms with Gasteiger partial charge < -0.3 is 4.90 Å². The van der Waals surface area contributed by atoms with Gasteiger partial charge in [0, 0.05) is 10.6 Å². The highest BCUT2D eigenvalue weighted by molar-refractivity contribution is 9.12. The molecule has 6 heteroatoms. The number of fused-ring (bicyclic) bond motifs is 3. The Morgan fingerprint density at radius 1 is 0.963 bits per heavy atom. The molecular formula is C21H18BrNO3S. The average molecular weight is 444 g/mol. The Morgan fingerprint density at radius 2 is 1.67 bits per heavy atom. The molecule has 2 aromatic carbocycles. The molecular weight excluding hydrogens is 426 g/mol. The zero-order chi connectivity index (χ0) is 19.5. The normalized spacial score (nSPS) is 18.7. The van der Waals surface area contributed by atoms with Gasteiger partial charge in [-0.3, -0.25) is 4.79 Å². The van der Waals surface area contributed by atoms with Crippen molar-refractivity contribution < 1.29 is 13.2 Å². The molecule has 1 atom stereocenters. The van der Waals surface area contributed by atoms with Crippen LogP contribution in [0.4, 0.5) is 5.69 Å². The van der Waals surface area contributed by atoms with Crippen molar-refractivity contribution in [2.24, 2.45) is 0 Å². The number of allylic oxidation sites excluding steroid dienone is 1. The van der Waals surface area contributed by atoms with E-state index in [2.05, 4.69) is 15.9 Å². The van der Waals surface area contributed by atoms with Gasteiger partial charge in [0.05, 0.1) is 16.3 Å². The van der Waals surface area contributed by atoms with E-state index < -0.39 is 21.0 Å². The molecule has 0 saturated carbocycles. The Balaban J connectivity index is 1.92. The fourth-order valence-electron chi connectivity index (χ4n) is 3.66. The Bertz CT molecular complexity index is 1160. The molecule has 0 spiro atoms. The number of benzene rings is 2. The van der Waals surface area contributed by atoms with Crippen molar-refractivity contribution in [1.82, 2.24) is 0 Å². The Kier molecular flexibility index (Phi) is 4.16. The third-order valence-electron chi connectivity index (χ3n) is 5.35. The smallest absolute Gasteiger partial charge is 0.207 e. The second-order valence-corrected chi connectivity index (χ2v) is 9.71. The lowest BCUT2D eigenvalue weighted by Crippen LogP contribution is -2.42.